The first-order valence-electron chi connectivity index (χ1n) is 5.08. The average molecular weight is 205 g/mol. The molecule has 80 valence electrons. The van der Waals surface area contributed by atoms with Crippen molar-refractivity contribution in [1.29, 1.82) is 0 Å². The lowest BCUT2D eigenvalue weighted by atomic mass is 10.1. The second kappa shape index (κ2) is 4.31. The van der Waals surface area contributed by atoms with Crippen LogP contribution in [0.15, 0.2) is 35.3 Å². The predicted molar refractivity (Wildman–Crippen MR) is 57.5 cm³/mol. The zero-order valence-corrected chi connectivity index (χ0v) is 8.97. The van der Waals surface area contributed by atoms with Gasteiger partial charge in [-0.05, 0) is 26.1 Å². The number of aromatic nitrogens is 2. The zero-order chi connectivity index (χ0) is 10.7. The third kappa shape index (κ3) is 1.80. The number of nitrogens with one attached hydrogen (secondary N) is 1. The van der Waals surface area contributed by atoms with Gasteiger partial charge in [-0.2, -0.15) is 5.10 Å². The van der Waals surface area contributed by atoms with Crippen molar-refractivity contribution in [3.63, 3.8) is 0 Å². The van der Waals surface area contributed by atoms with E-state index < -0.39 is 0 Å². The third-order valence-corrected chi connectivity index (χ3v) is 2.51. The van der Waals surface area contributed by atoms with Gasteiger partial charge in [0, 0.05) is 18.3 Å². The molecule has 0 aliphatic carbocycles. The fraction of sp³-hybridized carbons (Fsp3) is 0.364. The molecule has 2 aromatic rings. The first kappa shape index (κ1) is 9.98. The van der Waals surface area contributed by atoms with Crippen molar-refractivity contribution in [1.82, 2.24) is 15.1 Å². The molecule has 0 aliphatic rings. The average Bonchev–Trinajstić information content (AvgIpc) is 2.89. The molecule has 1 unspecified atom stereocenters. The summed E-state index contributed by atoms with van der Waals surface area (Å²) >= 11 is 0. The van der Waals surface area contributed by atoms with Gasteiger partial charge < -0.3 is 9.73 Å². The van der Waals surface area contributed by atoms with Crippen molar-refractivity contribution in [3.8, 4) is 0 Å². The van der Waals surface area contributed by atoms with Crippen LogP contribution in [-0.4, -0.2) is 16.8 Å². The van der Waals surface area contributed by atoms with Gasteiger partial charge in [0.25, 0.3) is 0 Å². The molecule has 0 radical (unpaired) electrons. The van der Waals surface area contributed by atoms with Gasteiger partial charge in [0.05, 0.1) is 24.3 Å². The molecule has 0 saturated carbocycles. The molecule has 0 amide bonds. The summed E-state index contributed by atoms with van der Waals surface area (Å²) in [6, 6.07) is 4.14. The van der Waals surface area contributed by atoms with Crippen LogP contribution in [0.1, 0.15) is 24.2 Å². The van der Waals surface area contributed by atoms with E-state index in [-0.39, 0.29) is 6.04 Å². The molecular formula is C11H15N3O. The van der Waals surface area contributed by atoms with E-state index in [1.54, 1.807) is 12.5 Å². The Morgan fingerprint density at radius 2 is 2.40 bits per heavy atom. The second-order valence-corrected chi connectivity index (χ2v) is 3.35. The monoisotopic (exact) mass is 205 g/mol. The van der Waals surface area contributed by atoms with E-state index in [1.807, 2.05) is 30.1 Å². The van der Waals surface area contributed by atoms with Gasteiger partial charge in [-0.15, -0.1) is 0 Å². The second-order valence-electron chi connectivity index (χ2n) is 3.35. The first-order chi connectivity index (χ1) is 7.36. The SMILES string of the molecule is CCn1nccc1C(NC)c1ccoc1. The number of hydrogen-bond donors (Lipinski definition) is 1. The fourth-order valence-electron chi connectivity index (χ4n) is 1.78. The molecule has 0 aliphatic heterocycles. The Bertz CT molecular complexity index is 405. The van der Waals surface area contributed by atoms with E-state index in [0.717, 1.165) is 17.8 Å². The van der Waals surface area contributed by atoms with Crippen molar-refractivity contribution in [3.05, 3.63) is 42.1 Å². The summed E-state index contributed by atoms with van der Waals surface area (Å²) < 4.78 is 7.08. The molecule has 1 N–H and O–H groups in total. The minimum atomic E-state index is 0.145. The van der Waals surface area contributed by atoms with Crippen molar-refractivity contribution in [2.45, 2.75) is 19.5 Å². The van der Waals surface area contributed by atoms with Crippen LogP contribution in [0.2, 0.25) is 0 Å². The quantitative estimate of drug-likeness (QED) is 0.827. The maximum atomic E-state index is 5.10. The summed E-state index contributed by atoms with van der Waals surface area (Å²) in [7, 11) is 1.94. The van der Waals surface area contributed by atoms with Gasteiger partial charge in [-0.25, -0.2) is 0 Å². The molecule has 0 saturated heterocycles. The standard InChI is InChI=1S/C11H15N3O/c1-3-14-10(4-6-13-14)11(12-2)9-5-7-15-8-9/h4-8,11-12H,3H2,1-2H3. The molecule has 0 spiro atoms. The summed E-state index contributed by atoms with van der Waals surface area (Å²) in [5.41, 5.74) is 2.27. The number of rotatable bonds is 4. The van der Waals surface area contributed by atoms with Crippen LogP contribution < -0.4 is 5.32 Å². The minimum absolute atomic E-state index is 0.145. The van der Waals surface area contributed by atoms with Crippen molar-refractivity contribution >= 4 is 0 Å². The smallest absolute Gasteiger partial charge is 0.0954 e. The maximum absolute atomic E-state index is 5.10. The predicted octanol–water partition coefficient (Wildman–Crippen LogP) is 1.80. The molecule has 4 heteroatoms. The lowest BCUT2D eigenvalue weighted by molar-refractivity contribution is 0.540. The normalized spacial score (nSPS) is 12.9. The first-order valence-corrected chi connectivity index (χ1v) is 5.08. The van der Waals surface area contributed by atoms with E-state index in [4.69, 9.17) is 4.42 Å². The molecule has 15 heavy (non-hydrogen) atoms. The molecule has 0 bridgehead atoms. The zero-order valence-electron chi connectivity index (χ0n) is 8.97. The van der Waals surface area contributed by atoms with Crippen LogP contribution in [0.3, 0.4) is 0 Å². The molecular weight excluding hydrogens is 190 g/mol. The highest BCUT2D eigenvalue weighted by molar-refractivity contribution is 5.23. The van der Waals surface area contributed by atoms with E-state index in [0.29, 0.717) is 0 Å². The van der Waals surface area contributed by atoms with Crippen molar-refractivity contribution < 1.29 is 4.42 Å². The summed E-state index contributed by atoms with van der Waals surface area (Å²) in [6.07, 6.45) is 5.27. The highest BCUT2D eigenvalue weighted by Crippen LogP contribution is 2.21. The fourth-order valence-corrected chi connectivity index (χ4v) is 1.78. The molecule has 2 aromatic heterocycles. The summed E-state index contributed by atoms with van der Waals surface area (Å²) in [5.74, 6) is 0. The van der Waals surface area contributed by atoms with E-state index >= 15 is 0 Å². The van der Waals surface area contributed by atoms with E-state index in [9.17, 15) is 0 Å². The van der Waals surface area contributed by atoms with Crippen LogP contribution in [0.5, 0.6) is 0 Å². The lowest BCUT2D eigenvalue weighted by Crippen LogP contribution is -2.20. The van der Waals surface area contributed by atoms with Gasteiger partial charge in [-0.1, -0.05) is 0 Å². The van der Waals surface area contributed by atoms with Gasteiger partial charge >= 0.3 is 0 Å². The Balaban J connectivity index is 2.35. The Morgan fingerprint density at radius 1 is 1.53 bits per heavy atom. The van der Waals surface area contributed by atoms with E-state index in [2.05, 4.69) is 17.3 Å². The molecule has 0 fully saturated rings. The van der Waals surface area contributed by atoms with Crippen LogP contribution in [-0.2, 0) is 6.54 Å². The van der Waals surface area contributed by atoms with Crippen LogP contribution in [0.25, 0.3) is 0 Å². The van der Waals surface area contributed by atoms with Gasteiger partial charge in [0.15, 0.2) is 0 Å². The van der Waals surface area contributed by atoms with Crippen LogP contribution in [0.4, 0.5) is 0 Å². The minimum Gasteiger partial charge on any atom is -0.472 e. The summed E-state index contributed by atoms with van der Waals surface area (Å²) in [5, 5.41) is 7.52. The Labute approximate surface area is 88.9 Å². The summed E-state index contributed by atoms with van der Waals surface area (Å²) in [6.45, 7) is 2.96. The molecule has 4 nitrogen and oxygen atoms in total. The van der Waals surface area contributed by atoms with Gasteiger partial charge in [-0.3, -0.25) is 4.68 Å². The number of hydrogen-bond acceptors (Lipinski definition) is 3. The Hall–Kier alpha value is -1.55. The van der Waals surface area contributed by atoms with Crippen molar-refractivity contribution in [2.75, 3.05) is 7.05 Å². The molecule has 2 heterocycles. The maximum Gasteiger partial charge on any atom is 0.0954 e. The lowest BCUT2D eigenvalue weighted by Gasteiger charge is -2.15. The third-order valence-electron chi connectivity index (χ3n) is 2.51. The van der Waals surface area contributed by atoms with Crippen molar-refractivity contribution in [2.24, 2.45) is 0 Å². The molecule has 2 rings (SSSR count). The molecule has 1 atom stereocenters. The summed E-state index contributed by atoms with van der Waals surface area (Å²) in [4.78, 5) is 0. The molecule has 0 aromatic carbocycles. The highest BCUT2D eigenvalue weighted by atomic mass is 16.3. The number of aryl methyl sites for hydroxylation is 1. The van der Waals surface area contributed by atoms with Crippen LogP contribution in [0, 0.1) is 0 Å². The Morgan fingerprint density at radius 3 is 3.00 bits per heavy atom. The highest BCUT2D eigenvalue weighted by Gasteiger charge is 2.16. The van der Waals surface area contributed by atoms with Gasteiger partial charge in [0.2, 0.25) is 0 Å². The number of furan rings is 1. The largest absolute Gasteiger partial charge is 0.472 e. The van der Waals surface area contributed by atoms with Gasteiger partial charge in [0.1, 0.15) is 0 Å². The van der Waals surface area contributed by atoms with E-state index in [1.165, 1.54) is 0 Å². The van der Waals surface area contributed by atoms with Crippen LogP contribution >= 0.6 is 0 Å². The topological polar surface area (TPSA) is 43.0 Å². The number of nitrogens with zero attached hydrogens (tertiary/aromatic N) is 2. The Kier molecular flexibility index (Phi) is 2.87.